The van der Waals surface area contributed by atoms with E-state index in [0.717, 1.165) is 19.4 Å². The van der Waals surface area contributed by atoms with Crippen LogP contribution in [0.25, 0.3) is 0 Å². The zero-order valence-corrected chi connectivity index (χ0v) is 17.0. The van der Waals surface area contributed by atoms with E-state index >= 15 is 0 Å². The van der Waals surface area contributed by atoms with Crippen molar-refractivity contribution in [1.82, 2.24) is 4.90 Å². The van der Waals surface area contributed by atoms with Crippen molar-refractivity contribution in [3.05, 3.63) is 0 Å². The Morgan fingerprint density at radius 1 is 1.16 bits per heavy atom. The summed E-state index contributed by atoms with van der Waals surface area (Å²) in [6.45, 7) is 11.5. The van der Waals surface area contributed by atoms with Crippen LogP contribution in [0.2, 0.25) is 0 Å². The summed E-state index contributed by atoms with van der Waals surface area (Å²) in [6.07, 6.45) is 3.61. The third-order valence-electron chi connectivity index (χ3n) is 6.55. The van der Waals surface area contributed by atoms with Crippen LogP contribution in [0.3, 0.4) is 0 Å². The van der Waals surface area contributed by atoms with Gasteiger partial charge in [0.2, 0.25) is 0 Å². The predicted molar refractivity (Wildman–Crippen MR) is 101 cm³/mol. The lowest BCUT2D eigenvalue weighted by Gasteiger charge is -2.40. The van der Waals surface area contributed by atoms with Gasteiger partial charge in [0, 0.05) is 17.9 Å². The highest BCUT2D eigenvalue weighted by Crippen LogP contribution is 2.44. The maximum atomic E-state index is 14.9. The quantitative estimate of drug-likeness (QED) is 0.512. The summed E-state index contributed by atoms with van der Waals surface area (Å²) in [5.41, 5.74) is -2.02. The number of rotatable bonds is 9. The fourth-order valence-corrected chi connectivity index (χ4v) is 4.13. The van der Waals surface area contributed by atoms with Crippen molar-refractivity contribution >= 4 is 5.78 Å². The van der Waals surface area contributed by atoms with Crippen LogP contribution in [-0.2, 0) is 4.79 Å². The summed E-state index contributed by atoms with van der Waals surface area (Å²) >= 11 is 0. The van der Waals surface area contributed by atoms with Gasteiger partial charge in [-0.2, -0.15) is 0 Å². The number of halogens is 2. The molecule has 0 heterocycles. The molecule has 0 aromatic heterocycles. The third kappa shape index (κ3) is 6.01. The Kier molecular flexibility index (Phi) is 9.00. The van der Waals surface area contributed by atoms with Gasteiger partial charge in [-0.05, 0) is 64.8 Å². The topological polar surface area (TPSA) is 20.3 Å². The lowest BCUT2D eigenvalue weighted by Crippen LogP contribution is -2.45. The van der Waals surface area contributed by atoms with Crippen molar-refractivity contribution in [2.45, 2.75) is 110 Å². The van der Waals surface area contributed by atoms with E-state index in [9.17, 15) is 13.6 Å². The molecule has 0 aromatic carbocycles. The molecule has 4 heteroatoms. The van der Waals surface area contributed by atoms with Crippen LogP contribution >= 0.6 is 0 Å². The van der Waals surface area contributed by atoms with Gasteiger partial charge in [0.25, 0.3) is 0 Å². The highest BCUT2D eigenvalue weighted by Gasteiger charge is 2.43. The molecule has 0 amide bonds. The monoisotopic (exact) mass is 359 g/mol. The lowest BCUT2D eigenvalue weighted by molar-refractivity contribution is -0.133. The first-order valence-electron chi connectivity index (χ1n) is 10.4. The summed E-state index contributed by atoms with van der Waals surface area (Å²) in [4.78, 5) is 15.5. The van der Waals surface area contributed by atoms with Gasteiger partial charge < -0.3 is 0 Å². The molecule has 1 aliphatic carbocycles. The summed E-state index contributed by atoms with van der Waals surface area (Å²) in [5, 5.41) is 0. The Hall–Kier alpha value is -0.510. The van der Waals surface area contributed by atoms with Gasteiger partial charge in [0.05, 0.1) is 6.54 Å². The first-order valence-corrected chi connectivity index (χ1v) is 10.4. The molecule has 4 atom stereocenters. The van der Waals surface area contributed by atoms with Gasteiger partial charge in [-0.1, -0.05) is 27.7 Å². The van der Waals surface area contributed by atoms with E-state index in [0.29, 0.717) is 51.1 Å². The number of ketones is 1. The molecule has 0 aliphatic heterocycles. The van der Waals surface area contributed by atoms with Crippen LogP contribution in [-0.4, -0.2) is 41.7 Å². The van der Waals surface area contributed by atoms with Gasteiger partial charge >= 0.3 is 0 Å². The Bertz CT molecular complexity index is 417. The van der Waals surface area contributed by atoms with E-state index in [1.807, 2.05) is 6.92 Å². The molecule has 25 heavy (non-hydrogen) atoms. The molecule has 3 unspecified atom stereocenters. The van der Waals surface area contributed by atoms with E-state index in [1.54, 1.807) is 6.92 Å². The van der Waals surface area contributed by atoms with Crippen molar-refractivity contribution in [2.75, 3.05) is 13.1 Å². The number of carbonyl (C=O) groups excluding carboxylic acids is 1. The van der Waals surface area contributed by atoms with E-state index in [-0.39, 0.29) is 12.2 Å². The van der Waals surface area contributed by atoms with Crippen molar-refractivity contribution in [3.8, 4) is 0 Å². The zero-order valence-electron chi connectivity index (χ0n) is 17.0. The number of Topliss-reactive ketones (excluding diaryl/α,β-unsaturated/α-hetero) is 1. The number of nitrogens with zero attached hydrogens (tertiary/aromatic N) is 1. The largest absolute Gasteiger partial charge is 0.298 e. The predicted octanol–water partition coefficient (Wildman–Crippen LogP) is 5.88. The Morgan fingerprint density at radius 2 is 1.84 bits per heavy atom. The Balaban J connectivity index is 2.95. The number of carbonyl (C=O) groups is 1. The van der Waals surface area contributed by atoms with Gasteiger partial charge in [0.1, 0.15) is 11.8 Å². The van der Waals surface area contributed by atoms with E-state index < -0.39 is 17.3 Å². The summed E-state index contributed by atoms with van der Waals surface area (Å²) in [5.74, 6) is 0.191. The molecule has 1 rings (SSSR count). The molecule has 0 aromatic rings. The van der Waals surface area contributed by atoms with Crippen molar-refractivity contribution in [1.29, 1.82) is 0 Å². The summed E-state index contributed by atoms with van der Waals surface area (Å²) < 4.78 is 29.2. The molecule has 148 valence electrons. The highest BCUT2D eigenvalue weighted by atomic mass is 19.2. The van der Waals surface area contributed by atoms with E-state index in [4.69, 9.17) is 0 Å². The second-order valence-corrected chi connectivity index (χ2v) is 8.13. The molecule has 2 nitrogen and oxygen atoms in total. The van der Waals surface area contributed by atoms with Gasteiger partial charge in [-0.3, -0.25) is 9.69 Å². The summed E-state index contributed by atoms with van der Waals surface area (Å²) in [6, 6.07) is 0.358. The van der Waals surface area contributed by atoms with Crippen LogP contribution in [0.5, 0.6) is 0 Å². The van der Waals surface area contributed by atoms with Crippen molar-refractivity contribution < 1.29 is 13.6 Å². The zero-order chi connectivity index (χ0) is 19.1. The van der Waals surface area contributed by atoms with Crippen LogP contribution in [0.4, 0.5) is 8.78 Å². The van der Waals surface area contributed by atoms with Gasteiger partial charge in [-0.15, -0.1) is 0 Å². The van der Waals surface area contributed by atoms with Crippen molar-refractivity contribution in [2.24, 2.45) is 5.41 Å². The second kappa shape index (κ2) is 9.99. The van der Waals surface area contributed by atoms with Crippen LogP contribution in [0.15, 0.2) is 0 Å². The number of hydrogen-bond donors (Lipinski definition) is 0. The molecular weight excluding hydrogens is 320 g/mol. The fourth-order valence-electron chi connectivity index (χ4n) is 4.13. The normalized spacial score (nSPS) is 32.2. The Labute approximate surface area is 153 Å². The minimum atomic E-state index is -1.46. The smallest absolute Gasteiger partial charge is 0.152 e. The molecule has 0 bridgehead atoms. The maximum Gasteiger partial charge on any atom is 0.152 e. The first kappa shape index (κ1) is 22.5. The standard InChI is InChI=1S/C21H39F2NO/c1-6-14-24(17(5)7-2)16-19(25)20(8-3)11-10-18(22)15-21(23,9-4)13-12-20/h17-18H,6-16H2,1-5H3/t17?,18?,20?,21-/m0/s1. The van der Waals surface area contributed by atoms with Crippen molar-refractivity contribution in [3.63, 3.8) is 0 Å². The SMILES string of the molecule is CCCN(CC(=O)C1(CC)CCC(F)C[C@](F)(CC)CC1)C(C)CC. The average Bonchev–Trinajstić information content (AvgIpc) is 2.59. The third-order valence-corrected chi connectivity index (χ3v) is 6.55. The van der Waals surface area contributed by atoms with Crippen LogP contribution in [0, 0.1) is 5.41 Å². The average molecular weight is 360 g/mol. The lowest BCUT2D eigenvalue weighted by atomic mass is 9.68. The van der Waals surface area contributed by atoms with Crippen LogP contribution < -0.4 is 0 Å². The molecule has 0 radical (unpaired) electrons. The molecule has 1 aliphatic rings. The highest BCUT2D eigenvalue weighted by molar-refractivity contribution is 5.86. The second-order valence-electron chi connectivity index (χ2n) is 8.13. The minimum absolute atomic E-state index is 0.00763. The first-order chi connectivity index (χ1) is 11.8. The van der Waals surface area contributed by atoms with Gasteiger partial charge in [-0.25, -0.2) is 8.78 Å². The van der Waals surface area contributed by atoms with E-state index in [2.05, 4.69) is 25.7 Å². The van der Waals surface area contributed by atoms with Crippen LogP contribution in [0.1, 0.15) is 92.4 Å². The number of alkyl halides is 2. The fraction of sp³-hybridized carbons (Fsp3) is 0.952. The molecule has 0 N–H and O–H groups in total. The molecule has 1 saturated carbocycles. The summed E-state index contributed by atoms with van der Waals surface area (Å²) in [7, 11) is 0. The molecule has 1 fully saturated rings. The number of hydrogen-bond acceptors (Lipinski definition) is 2. The van der Waals surface area contributed by atoms with Gasteiger partial charge in [0.15, 0.2) is 5.78 Å². The van der Waals surface area contributed by atoms with E-state index in [1.165, 1.54) is 0 Å². The minimum Gasteiger partial charge on any atom is -0.298 e. The molecular formula is C21H39F2NO. The maximum absolute atomic E-state index is 14.9. The Morgan fingerprint density at radius 3 is 2.36 bits per heavy atom. The molecule has 0 saturated heterocycles. The molecule has 0 spiro atoms.